The predicted octanol–water partition coefficient (Wildman–Crippen LogP) is 1.23. The SMILES string of the molecule is CC1(C)CN(S(=O)(=O)c2cccs2)CC[C@@]1(O)CN1CCOCC1. The molecular weight excluding hydrogens is 348 g/mol. The highest BCUT2D eigenvalue weighted by molar-refractivity contribution is 7.91. The van der Waals surface area contributed by atoms with Crippen molar-refractivity contribution in [3.8, 4) is 0 Å². The molecule has 0 aromatic carbocycles. The van der Waals surface area contributed by atoms with E-state index in [0.29, 0.717) is 43.5 Å². The molecule has 6 nitrogen and oxygen atoms in total. The highest BCUT2D eigenvalue weighted by atomic mass is 32.2. The number of hydrogen-bond donors (Lipinski definition) is 1. The van der Waals surface area contributed by atoms with Crippen molar-refractivity contribution in [2.75, 3.05) is 45.9 Å². The Kier molecular flexibility index (Phi) is 5.07. The standard InChI is InChI=1S/C16H26N2O4S2/c1-15(2)12-18(24(20,21)14-4-3-11-23-14)6-5-16(15,19)13-17-7-9-22-10-8-17/h3-4,11,19H,5-10,12-13H2,1-2H3/t16-/m1/s1. The molecule has 2 fully saturated rings. The Morgan fingerprint density at radius 2 is 2.00 bits per heavy atom. The van der Waals surface area contributed by atoms with Crippen molar-refractivity contribution in [3.63, 3.8) is 0 Å². The zero-order chi connectivity index (χ0) is 17.4. The molecule has 0 radical (unpaired) electrons. The predicted molar refractivity (Wildman–Crippen MR) is 93.7 cm³/mol. The average molecular weight is 375 g/mol. The molecule has 8 heteroatoms. The van der Waals surface area contributed by atoms with E-state index in [9.17, 15) is 13.5 Å². The summed E-state index contributed by atoms with van der Waals surface area (Å²) in [5.41, 5.74) is -1.42. The lowest BCUT2D eigenvalue weighted by Gasteiger charge is -2.51. The summed E-state index contributed by atoms with van der Waals surface area (Å²) >= 11 is 1.24. The first-order valence-electron chi connectivity index (χ1n) is 8.31. The fourth-order valence-corrected chi connectivity index (χ4v) is 6.23. The van der Waals surface area contributed by atoms with Crippen LogP contribution in [-0.2, 0) is 14.8 Å². The van der Waals surface area contributed by atoms with Crippen LogP contribution in [0.15, 0.2) is 21.7 Å². The van der Waals surface area contributed by atoms with Gasteiger partial charge in [-0.15, -0.1) is 11.3 Å². The molecule has 1 aromatic heterocycles. The van der Waals surface area contributed by atoms with Crippen LogP contribution in [0, 0.1) is 5.41 Å². The summed E-state index contributed by atoms with van der Waals surface area (Å²) in [4.78, 5) is 2.22. The lowest BCUT2D eigenvalue weighted by Crippen LogP contribution is -2.63. The molecule has 3 heterocycles. The summed E-state index contributed by atoms with van der Waals surface area (Å²) in [6, 6.07) is 3.39. The number of rotatable bonds is 4. The molecule has 0 aliphatic carbocycles. The van der Waals surface area contributed by atoms with Gasteiger partial charge in [-0.3, -0.25) is 4.90 Å². The van der Waals surface area contributed by atoms with Crippen LogP contribution >= 0.6 is 11.3 Å². The minimum Gasteiger partial charge on any atom is -0.388 e. The van der Waals surface area contributed by atoms with E-state index in [0.717, 1.165) is 13.1 Å². The topological polar surface area (TPSA) is 70.1 Å². The monoisotopic (exact) mass is 374 g/mol. The second-order valence-electron chi connectivity index (χ2n) is 7.32. The number of β-amino-alcohol motifs (C(OH)–C–C–N with tert-alkyl or cyclic N) is 1. The maximum absolute atomic E-state index is 12.8. The summed E-state index contributed by atoms with van der Waals surface area (Å²) in [6.07, 6.45) is 0.446. The molecule has 2 saturated heterocycles. The summed E-state index contributed by atoms with van der Waals surface area (Å²) in [5, 5.41) is 13.0. The second kappa shape index (κ2) is 6.66. The smallest absolute Gasteiger partial charge is 0.252 e. The fraction of sp³-hybridized carbons (Fsp3) is 0.750. The molecule has 2 aliphatic rings. The molecule has 0 amide bonds. The third-order valence-electron chi connectivity index (χ3n) is 5.28. The van der Waals surface area contributed by atoms with Gasteiger partial charge in [0.15, 0.2) is 0 Å². The third kappa shape index (κ3) is 3.40. The van der Waals surface area contributed by atoms with E-state index < -0.39 is 21.0 Å². The number of nitrogens with zero attached hydrogens (tertiary/aromatic N) is 2. The molecule has 3 rings (SSSR count). The van der Waals surface area contributed by atoms with Crippen molar-refractivity contribution in [3.05, 3.63) is 17.5 Å². The number of hydrogen-bond acceptors (Lipinski definition) is 6. The van der Waals surface area contributed by atoms with Crippen molar-refractivity contribution in [1.29, 1.82) is 0 Å². The zero-order valence-electron chi connectivity index (χ0n) is 14.3. The number of thiophene rings is 1. The van der Waals surface area contributed by atoms with Gasteiger partial charge in [0.25, 0.3) is 10.0 Å². The maximum Gasteiger partial charge on any atom is 0.252 e. The van der Waals surface area contributed by atoms with Crippen molar-refractivity contribution >= 4 is 21.4 Å². The molecular formula is C16H26N2O4S2. The Balaban J connectivity index is 1.74. The molecule has 1 atom stereocenters. The van der Waals surface area contributed by atoms with Crippen molar-refractivity contribution in [2.24, 2.45) is 5.41 Å². The van der Waals surface area contributed by atoms with Crippen molar-refractivity contribution < 1.29 is 18.3 Å². The number of piperidine rings is 1. The molecule has 0 bridgehead atoms. The van der Waals surface area contributed by atoms with E-state index in [2.05, 4.69) is 4.90 Å². The Morgan fingerprint density at radius 1 is 1.29 bits per heavy atom. The minimum absolute atomic E-state index is 0.327. The number of aliphatic hydroxyl groups is 1. The summed E-state index contributed by atoms with van der Waals surface area (Å²) in [7, 11) is -3.47. The Labute approximate surface area is 148 Å². The Hall–Kier alpha value is -0.510. The van der Waals surface area contributed by atoms with Crippen molar-refractivity contribution in [2.45, 2.75) is 30.1 Å². The van der Waals surface area contributed by atoms with E-state index in [1.807, 2.05) is 13.8 Å². The lowest BCUT2D eigenvalue weighted by atomic mass is 9.70. The van der Waals surface area contributed by atoms with E-state index in [-0.39, 0.29) is 0 Å². The van der Waals surface area contributed by atoms with Gasteiger partial charge in [-0.1, -0.05) is 19.9 Å². The second-order valence-corrected chi connectivity index (χ2v) is 10.4. The molecule has 1 N–H and O–H groups in total. The van der Waals surface area contributed by atoms with Gasteiger partial charge >= 0.3 is 0 Å². The lowest BCUT2D eigenvalue weighted by molar-refractivity contribution is -0.128. The summed E-state index contributed by atoms with van der Waals surface area (Å²) in [6.45, 7) is 8.18. The minimum atomic E-state index is -3.47. The van der Waals surface area contributed by atoms with Crippen LogP contribution in [-0.4, -0.2) is 74.3 Å². The van der Waals surface area contributed by atoms with E-state index in [1.54, 1.807) is 17.5 Å². The molecule has 1 aromatic rings. The van der Waals surface area contributed by atoms with Crippen LogP contribution in [0.3, 0.4) is 0 Å². The molecule has 2 aliphatic heterocycles. The van der Waals surface area contributed by atoms with E-state index >= 15 is 0 Å². The molecule has 0 spiro atoms. The highest BCUT2D eigenvalue weighted by Gasteiger charge is 2.50. The van der Waals surface area contributed by atoms with Crippen LogP contribution in [0.1, 0.15) is 20.3 Å². The van der Waals surface area contributed by atoms with Gasteiger partial charge in [0.2, 0.25) is 0 Å². The quantitative estimate of drug-likeness (QED) is 0.858. The van der Waals surface area contributed by atoms with Crippen molar-refractivity contribution in [1.82, 2.24) is 9.21 Å². The maximum atomic E-state index is 12.8. The van der Waals surface area contributed by atoms with Gasteiger partial charge in [0.05, 0.1) is 18.8 Å². The van der Waals surface area contributed by atoms with Gasteiger partial charge in [0.1, 0.15) is 4.21 Å². The first-order valence-corrected chi connectivity index (χ1v) is 10.6. The third-order valence-corrected chi connectivity index (χ3v) is 8.50. The Morgan fingerprint density at radius 3 is 2.58 bits per heavy atom. The normalized spacial score (nSPS) is 29.6. The highest BCUT2D eigenvalue weighted by Crippen LogP contribution is 2.41. The average Bonchev–Trinajstić information content (AvgIpc) is 3.06. The molecule has 136 valence electrons. The van der Waals surface area contributed by atoms with Crippen LogP contribution in [0.25, 0.3) is 0 Å². The fourth-order valence-electron chi connectivity index (χ4n) is 3.48. The molecule has 24 heavy (non-hydrogen) atoms. The van der Waals surface area contributed by atoms with Gasteiger partial charge in [-0.2, -0.15) is 4.31 Å². The zero-order valence-corrected chi connectivity index (χ0v) is 15.9. The largest absolute Gasteiger partial charge is 0.388 e. The van der Waals surface area contributed by atoms with E-state index in [4.69, 9.17) is 4.74 Å². The van der Waals surface area contributed by atoms with Crippen LogP contribution < -0.4 is 0 Å². The summed E-state index contributed by atoms with van der Waals surface area (Å²) < 4.78 is 32.8. The van der Waals surface area contributed by atoms with Gasteiger partial charge in [0, 0.05) is 38.1 Å². The van der Waals surface area contributed by atoms with Crippen LogP contribution in [0.2, 0.25) is 0 Å². The number of morpholine rings is 1. The number of ether oxygens (including phenoxy) is 1. The van der Waals surface area contributed by atoms with Gasteiger partial charge in [-0.05, 0) is 17.9 Å². The van der Waals surface area contributed by atoms with Crippen LogP contribution in [0.4, 0.5) is 0 Å². The number of sulfonamides is 1. The Bertz CT molecular complexity index is 654. The van der Waals surface area contributed by atoms with Crippen LogP contribution in [0.5, 0.6) is 0 Å². The molecule has 0 saturated carbocycles. The van der Waals surface area contributed by atoms with E-state index in [1.165, 1.54) is 15.6 Å². The first-order chi connectivity index (χ1) is 11.2. The first kappa shape index (κ1) is 18.3. The van der Waals surface area contributed by atoms with Gasteiger partial charge in [-0.25, -0.2) is 8.42 Å². The summed E-state index contributed by atoms with van der Waals surface area (Å²) in [5.74, 6) is 0. The van der Waals surface area contributed by atoms with Gasteiger partial charge < -0.3 is 9.84 Å². The molecule has 0 unspecified atom stereocenters.